The zero-order chi connectivity index (χ0) is 19.5. The molecule has 1 amide bonds. The Morgan fingerprint density at radius 1 is 1.00 bits per heavy atom. The number of rotatable bonds is 4. The first-order chi connectivity index (χ1) is 13.6. The van der Waals surface area contributed by atoms with Crippen molar-refractivity contribution in [2.75, 3.05) is 0 Å². The van der Waals surface area contributed by atoms with Crippen molar-refractivity contribution in [1.82, 2.24) is 15.1 Å². The Hall–Kier alpha value is -3.02. The summed E-state index contributed by atoms with van der Waals surface area (Å²) in [5.74, 6) is -1.05. The molecule has 3 aromatic rings. The van der Waals surface area contributed by atoms with Gasteiger partial charge < -0.3 is 5.32 Å². The van der Waals surface area contributed by atoms with Gasteiger partial charge in [0.15, 0.2) is 0 Å². The van der Waals surface area contributed by atoms with Gasteiger partial charge in [0.2, 0.25) is 0 Å². The molecule has 28 heavy (non-hydrogen) atoms. The van der Waals surface area contributed by atoms with Crippen molar-refractivity contribution in [3.63, 3.8) is 0 Å². The third-order valence-electron chi connectivity index (χ3n) is 5.10. The van der Waals surface area contributed by atoms with E-state index in [0.29, 0.717) is 22.6 Å². The van der Waals surface area contributed by atoms with Crippen LogP contribution in [0.15, 0.2) is 54.6 Å². The number of halogens is 2. The standard InChI is InChI=1S/C22H21F2N3O/c23-15-10-12-17(13-11-15)27-21(22(28)25-16-6-2-1-3-7-16)14-20(26-27)18-8-4-5-9-19(18)24/h4-5,8-14,16H,1-3,6-7H2,(H,25,28). The zero-order valence-corrected chi connectivity index (χ0v) is 15.4. The number of amides is 1. The number of hydrogen-bond acceptors (Lipinski definition) is 2. The third kappa shape index (κ3) is 3.81. The van der Waals surface area contributed by atoms with E-state index in [4.69, 9.17) is 0 Å². The molecule has 1 aliphatic rings. The molecule has 0 aliphatic heterocycles. The van der Waals surface area contributed by atoms with E-state index in [1.165, 1.54) is 29.3 Å². The number of benzene rings is 2. The average molecular weight is 381 g/mol. The highest BCUT2D eigenvalue weighted by molar-refractivity contribution is 5.94. The van der Waals surface area contributed by atoms with Gasteiger partial charge in [-0.05, 0) is 55.3 Å². The second-order valence-electron chi connectivity index (χ2n) is 7.09. The molecule has 1 aliphatic carbocycles. The van der Waals surface area contributed by atoms with E-state index in [0.717, 1.165) is 25.7 Å². The second kappa shape index (κ2) is 7.92. The van der Waals surface area contributed by atoms with E-state index in [9.17, 15) is 13.6 Å². The van der Waals surface area contributed by atoms with Crippen LogP contribution >= 0.6 is 0 Å². The van der Waals surface area contributed by atoms with Crippen LogP contribution in [0.5, 0.6) is 0 Å². The fourth-order valence-corrected chi connectivity index (χ4v) is 3.63. The van der Waals surface area contributed by atoms with Crippen molar-refractivity contribution >= 4 is 5.91 Å². The van der Waals surface area contributed by atoms with Gasteiger partial charge in [0.25, 0.3) is 5.91 Å². The van der Waals surface area contributed by atoms with Crippen molar-refractivity contribution in [2.24, 2.45) is 0 Å². The summed E-state index contributed by atoms with van der Waals surface area (Å²) in [4.78, 5) is 13.0. The van der Waals surface area contributed by atoms with Gasteiger partial charge >= 0.3 is 0 Å². The highest BCUT2D eigenvalue weighted by Crippen LogP contribution is 2.25. The number of carbonyl (C=O) groups is 1. The molecule has 2 aromatic carbocycles. The van der Waals surface area contributed by atoms with Crippen LogP contribution < -0.4 is 5.32 Å². The Balaban J connectivity index is 1.73. The molecule has 6 heteroatoms. The Morgan fingerprint density at radius 2 is 1.71 bits per heavy atom. The molecule has 0 spiro atoms. The molecule has 0 radical (unpaired) electrons. The van der Waals surface area contributed by atoms with Crippen molar-refractivity contribution in [1.29, 1.82) is 0 Å². The Morgan fingerprint density at radius 3 is 2.43 bits per heavy atom. The van der Waals surface area contributed by atoms with Gasteiger partial charge in [0.1, 0.15) is 17.3 Å². The highest BCUT2D eigenvalue weighted by atomic mass is 19.1. The van der Waals surface area contributed by atoms with Crippen molar-refractivity contribution < 1.29 is 13.6 Å². The van der Waals surface area contributed by atoms with Crippen LogP contribution in [0.4, 0.5) is 8.78 Å². The molecule has 0 atom stereocenters. The lowest BCUT2D eigenvalue weighted by atomic mass is 9.95. The van der Waals surface area contributed by atoms with Gasteiger partial charge in [-0.3, -0.25) is 4.79 Å². The first-order valence-corrected chi connectivity index (χ1v) is 9.53. The summed E-state index contributed by atoms with van der Waals surface area (Å²) in [6.45, 7) is 0. The van der Waals surface area contributed by atoms with Gasteiger partial charge in [0.05, 0.1) is 11.4 Å². The number of carbonyl (C=O) groups excluding carboxylic acids is 1. The summed E-state index contributed by atoms with van der Waals surface area (Å²) in [6, 6.07) is 13.7. The molecule has 1 aromatic heterocycles. The highest BCUT2D eigenvalue weighted by Gasteiger charge is 2.22. The molecule has 4 nitrogen and oxygen atoms in total. The maximum atomic E-state index is 14.2. The van der Waals surface area contributed by atoms with E-state index in [1.807, 2.05) is 0 Å². The smallest absolute Gasteiger partial charge is 0.270 e. The minimum atomic E-state index is -0.412. The van der Waals surface area contributed by atoms with E-state index in [-0.39, 0.29) is 17.8 Å². The molecule has 0 saturated heterocycles. The van der Waals surface area contributed by atoms with E-state index >= 15 is 0 Å². The van der Waals surface area contributed by atoms with Crippen LogP contribution in [0.2, 0.25) is 0 Å². The average Bonchev–Trinajstić information content (AvgIpc) is 3.15. The molecule has 0 bridgehead atoms. The Labute approximate surface area is 162 Å². The molecule has 144 valence electrons. The third-order valence-corrected chi connectivity index (χ3v) is 5.10. The normalized spacial score (nSPS) is 14.8. The van der Waals surface area contributed by atoms with E-state index < -0.39 is 5.82 Å². The topological polar surface area (TPSA) is 46.9 Å². The zero-order valence-electron chi connectivity index (χ0n) is 15.4. The van der Waals surface area contributed by atoms with Crippen molar-refractivity contribution in [3.8, 4) is 16.9 Å². The molecule has 0 unspecified atom stereocenters. The summed E-state index contributed by atoms with van der Waals surface area (Å²) >= 11 is 0. The maximum Gasteiger partial charge on any atom is 0.270 e. The monoisotopic (exact) mass is 381 g/mol. The van der Waals surface area contributed by atoms with Crippen LogP contribution in [0.1, 0.15) is 42.6 Å². The largest absolute Gasteiger partial charge is 0.348 e. The van der Waals surface area contributed by atoms with Crippen LogP contribution in [-0.4, -0.2) is 21.7 Å². The Bertz CT molecular complexity index is 976. The van der Waals surface area contributed by atoms with Crippen LogP contribution in [0.3, 0.4) is 0 Å². The summed E-state index contributed by atoms with van der Waals surface area (Å²) < 4.78 is 29.0. The summed E-state index contributed by atoms with van der Waals surface area (Å²) in [7, 11) is 0. The first kappa shape index (κ1) is 18.3. The summed E-state index contributed by atoms with van der Waals surface area (Å²) in [5.41, 5.74) is 1.51. The van der Waals surface area contributed by atoms with Gasteiger partial charge in [-0.2, -0.15) is 5.10 Å². The van der Waals surface area contributed by atoms with E-state index in [1.54, 1.807) is 36.4 Å². The fourth-order valence-electron chi connectivity index (χ4n) is 3.63. The summed E-state index contributed by atoms with van der Waals surface area (Å²) in [5, 5.41) is 7.52. The van der Waals surface area contributed by atoms with Gasteiger partial charge in [0, 0.05) is 11.6 Å². The Kier molecular flexibility index (Phi) is 5.19. The minimum absolute atomic E-state index is 0.134. The van der Waals surface area contributed by atoms with E-state index in [2.05, 4.69) is 10.4 Å². The quantitative estimate of drug-likeness (QED) is 0.700. The maximum absolute atomic E-state index is 14.2. The minimum Gasteiger partial charge on any atom is -0.348 e. The number of nitrogens with zero attached hydrogens (tertiary/aromatic N) is 2. The molecule has 1 fully saturated rings. The van der Waals surface area contributed by atoms with Crippen LogP contribution in [-0.2, 0) is 0 Å². The molecule has 1 heterocycles. The lowest BCUT2D eigenvalue weighted by molar-refractivity contribution is 0.0920. The number of aromatic nitrogens is 2. The van der Waals surface area contributed by atoms with Gasteiger partial charge in [-0.15, -0.1) is 0 Å². The molecule has 1 saturated carbocycles. The lowest BCUT2D eigenvalue weighted by Gasteiger charge is -2.22. The molecule has 1 N–H and O–H groups in total. The number of hydrogen-bond donors (Lipinski definition) is 1. The predicted octanol–water partition coefficient (Wildman–Crippen LogP) is 4.88. The number of nitrogens with one attached hydrogen (secondary N) is 1. The molecular weight excluding hydrogens is 360 g/mol. The van der Waals surface area contributed by atoms with Gasteiger partial charge in [-0.1, -0.05) is 31.4 Å². The van der Waals surface area contributed by atoms with Crippen molar-refractivity contribution in [2.45, 2.75) is 38.1 Å². The predicted molar refractivity (Wildman–Crippen MR) is 103 cm³/mol. The fraction of sp³-hybridized carbons (Fsp3) is 0.273. The van der Waals surface area contributed by atoms with Crippen LogP contribution in [0.25, 0.3) is 16.9 Å². The molecule has 4 rings (SSSR count). The molecular formula is C22H21F2N3O. The lowest BCUT2D eigenvalue weighted by Crippen LogP contribution is -2.37. The summed E-state index contributed by atoms with van der Waals surface area (Å²) in [6.07, 6.45) is 5.30. The second-order valence-corrected chi connectivity index (χ2v) is 7.09. The SMILES string of the molecule is O=C(NC1CCCCC1)c1cc(-c2ccccc2F)nn1-c1ccc(F)cc1. The first-order valence-electron chi connectivity index (χ1n) is 9.53. The van der Waals surface area contributed by atoms with Gasteiger partial charge in [-0.25, -0.2) is 13.5 Å². The van der Waals surface area contributed by atoms with Crippen molar-refractivity contribution in [3.05, 3.63) is 71.9 Å². The van der Waals surface area contributed by atoms with Crippen LogP contribution in [0, 0.1) is 11.6 Å².